The quantitative estimate of drug-likeness (QED) is 0.767. The first kappa shape index (κ1) is 11.8. The highest BCUT2D eigenvalue weighted by molar-refractivity contribution is 5.37. The summed E-state index contributed by atoms with van der Waals surface area (Å²) < 4.78 is 5.55. The fourth-order valence-electron chi connectivity index (χ4n) is 1.30. The topological polar surface area (TPSA) is 29.5 Å². The lowest BCUT2D eigenvalue weighted by molar-refractivity contribution is 0.199. The summed E-state index contributed by atoms with van der Waals surface area (Å²) in [6.45, 7) is 9.97. The average molecular weight is 206 g/mol. The number of ether oxygens (including phenoxy) is 1. The number of aliphatic hydroxyl groups is 1. The van der Waals surface area contributed by atoms with Crippen molar-refractivity contribution in [2.45, 2.75) is 26.9 Å². The van der Waals surface area contributed by atoms with E-state index in [-0.39, 0.29) is 0 Å². The Hall–Kier alpha value is -1.28. The van der Waals surface area contributed by atoms with Crippen molar-refractivity contribution in [1.29, 1.82) is 0 Å². The Kier molecular flexibility index (Phi) is 3.92. The maximum atomic E-state index is 9.40. The fourth-order valence-corrected chi connectivity index (χ4v) is 1.30. The van der Waals surface area contributed by atoms with Crippen LogP contribution in [0, 0.1) is 6.92 Å². The minimum Gasteiger partial charge on any atom is -0.489 e. The minimum absolute atomic E-state index is 0.432. The molecule has 0 saturated heterocycles. The van der Waals surface area contributed by atoms with Crippen LogP contribution in [0.5, 0.6) is 5.75 Å². The van der Waals surface area contributed by atoms with Gasteiger partial charge in [0.15, 0.2) is 0 Å². The number of aryl methyl sites for hydroxylation is 1. The molecule has 1 atom stereocenters. The van der Waals surface area contributed by atoms with Gasteiger partial charge in [0, 0.05) is 0 Å². The molecule has 0 aliphatic rings. The highest BCUT2D eigenvalue weighted by Crippen LogP contribution is 2.22. The van der Waals surface area contributed by atoms with E-state index in [2.05, 4.69) is 6.58 Å². The van der Waals surface area contributed by atoms with Crippen molar-refractivity contribution < 1.29 is 9.84 Å². The first-order chi connectivity index (χ1) is 7.00. The molecule has 2 nitrogen and oxygen atoms in total. The molecule has 0 spiro atoms. The summed E-state index contributed by atoms with van der Waals surface area (Å²) in [6.07, 6.45) is -0.432. The molecule has 0 aliphatic heterocycles. The molecule has 0 aliphatic carbocycles. The lowest BCUT2D eigenvalue weighted by Gasteiger charge is -2.11. The molecule has 0 fully saturated rings. The van der Waals surface area contributed by atoms with Crippen molar-refractivity contribution in [3.8, 4) is 5.75 Å². The van der Waals surface area contributed by atoms with E-state index >= 15 is 0 Å². The number of hydrogen-bond acceptors (Lipinski definition) is 2. The summed E-state index contributed by atoms with van der Waals surface area (Å²) >= 11 is 0. The Morgan fingerprint density at radius 1 is 1.53 bits per heavy atom. The van der Waals surface area contributed by atoms with E-state index < -0.39 is 6.10 Å². The van der Waals surface area contributed by atoms with Crippen LogP contribution >= 0.6 is 0 Å². The SMILES string of the molecule is C=C(C)COc1ccc(C(C)O)cc1C. The Balaban J connectivity index is 2.79. The van der Waals surface area contributed by atoms with Gasteiger partial charge in [-0.2, -0.15) is 0 Å². The van der Waals surface area contributed by atoms with Crippen LogP contribution in [-0.4, -0.2) is 11.7 Å². The van der Waals surface area contributed by atoms with Crippen molar-refractivity contribution >= 4 is 0 Å². The van der Waals surface area contributed by atoms with E-state index in [4.69, 9.17) is 4.74 Å². The Bertz CT molecular complexity index is 354. The summed E-state index contributed by atoms with van der Waals surface area (Å²) in [4.78, 5) is 0. The van der Waals surface area contributed by atoms with E-state index in [9.17, 15) is 5.11 Å². The van der Waals surface area contributed by atoms with Gasteiger partial charge >= 0.3 is 0 Å². The molecule has 0 aromatic heterocycles. The predicted molar refractivity (Wildman–Crippen MR) is 62.1 cm³/mol. The maximum Gasteiger partial charge on any atom is 0.122 e. The van der Waals surface area contributed by atoms with Crippen molar-refractivity contribution in [1.82, 2.24) is 0 Å². The summed E-state index contributed by atoms with van der Waals surface area (Å²) in [7, 11) is 0. The minimum atomic E-state index is -0.432. The van der Waals surface area contributed by atoms with Crippen molar-refractivity contribution in [2.75, 3.05) is 6.61 Å². The van der Waals surface area contributed by atoms with Gasteiger partial charge in [0.25, 0.3) is 0 Å². The van der Waals surface area contributed by atoms with Crippen LogP contribution in [-0.2, 0) is 0 Å². The number of benzene rings is 1. The van der Waals surface area contributed by atoms with Gasteiger partial charge < -0.3 is 9.84 Å². The molecule has 0 radical (unpaired) electrons. The maximum absolute atomic E-state index is 9.40. The van der Waals surface area contributed by atoms with Crippen molar-refractivity contribution in [3.63, 3.8) is 0 Å². The van der Waals surface area contributed by atoms with Gasteiger partial charge in [0.1, 0.15) is 12.4 Å². The summed E-state index contributed by atoms with van der Waals surface area (Å²) in [5, 5.41) is 9.40. The largest absolute Gasteiger partial charge is 0.489 e. The second-order valence-electron chi connectivity index (χ2n) is 3.95. The first-order valence-electron chi connectivity index (χ1n) is 5.06. The molecule has 0 heterocycles. The van der Waals surface area contributed by atoms with Crippen LogP contribution in [0.25, 0.3) is 0 Å². The van der Waals surface area contributed by atoms with E-state index in [0.717, 1.165) is 22.4 Å². The third-order valence-corrected chi connectivity index (χ3v) is 2.16. The number of hydrogen-bond donors (Lipinski definition) is 1. The third kappa shape index (κ3) is 3.40. The number of rotatable bonds is 4. The molecular formula is C13H18O2. The predicted octanol–water partition coefficient (Wildman–Crippen LogP) is 3.00. The summed E-state index contributed by atoms with van der Waals surface area (Å²) in [5.41, 5.74) is 2.94. The van der Waals surface area contributed by atoms with Crippen LogP contribution in [0.15, 0.2) is 30.4 Å². The monoisotopic (exact) mass is 206 g/mol. The highest BCUT2D eigenvalue weighted by atomic mass is 16.5. The van der Waals surface area contributed by atoms with Crippen LogP contribution in [0.4, 0.5) is 0 Å². The molecular weight excluding hydrogens is 188 g/mol. The molecule has 0 saturated carbocycles. The molecule has 1 rings (SSSR count). The molecule has 0 bridgehead atoms. The lowest BCUT2D eigenvalue weighted by Crippen LogP contribution is -2.00. The van der Waals surface area contributed by atoms with Crippen LogP contribution in [0.2, 0.25) is 0 Å². The summed E-state index contributed by atoms with van der Waals surface area (Å²) in [6, 6.07) is 5.71. The van der Waals surface area contributed by atoms with Gasteiger partial charge in [0.05, 0.1) is 6.10 Å². The molecule has 15 heavy (non-hydrogen) atoms. The van der Waals surface area contributed by atoms with Gasteiger partial charge in [-0.3, -0.25) is 0 Å². The zero-order chi connectivity index (χ0) is 11.4. The Morgan fingerprint density at radius 3 is 2.67 bits per heavy atom. The standard InChI is InChI=1S/C13H18O2/c1-9(2)8-15-13-6-5-12(11(4)14)7-10(13)3/h5-7,11,14H,1,8H2,2-4H3. The van der Waals surface area contributed by atoms with Crippen LogP contribution < -0.4 is 4.74 Å². The fraction of sp³-hybridized carbons (Fsp3) is 0.385. The molecule has 0 amide bonds. The van der Waals surface area contributed by atoms with E-state index in [1.807, 2.05) is 32.0 Å². The zero-order valence-electron chi connectivity index (χ0n) is 9.58. The Labute approximate surface area is 91.2 Å². The molecule has 1 aromatic rings. The molecule has 1 unspecified atom stereocenters. The van der Waals surface area contributed by atoms with E-state index in [1.54, 1.807) is 6.92 Å². The zero-order valence-corrected chi connectivity index (χ0v) is 9.58. The molecule has 1 N–H and O–H groups in total. The highest BCUT2D eigenvalue weighted by Gasteiger charge is 2.04. The second kappa shape index (κ2) is 4.99. The lowest BCUT2D eigenvalue weighted by atomic mass is 10.1. The smallest absolute Gasteiger partial charge is 0.122 e. The third-order valence-electron chi connectivity index (χ3n) is 2.16. The van der Waals surface area contributed by atoms with Gasteiger partial charge in [-0.1, -0.05) is 12.6 Å². The van der Waals surface area contributed by atoms with Gasteiger partial charge in [0.2, 0.25) is 0 Å². The Morgan fingerprint density at radius 2 is 2.20 bits per heavy atom. The van der Waals surface area contributed by atoms with E-state index in [1.165, 1.54) is 0 Å². The first-order valence-corrected chi connectivity index (χ1v) is 5.06. The van der Waals surface area contributed by atoms with Gasteiger partial charge in [-0.05, 0) is 49.6 Å². The normalized spacial score (nSPS) is 12.3. The molecule has 2 heteroatoms. The second-order valence-corrected chi connectivity index (χ2v) is 3.95. The summed E-state index contributed by atoms with van der Waals surface area (Å²) in [5.74, 6) is 0.849. The van der Waals surface area contributed by atoms with Crippen molar-refractivity contribution in [2.24, 2.45) is 0 Å². The molecule has 82 valence electrons. The van der Waals surface area contributed by atoms with Gasteiger partial charge in [-0.25, -0.2) is 0 Å². The average Bonchev–Trinajstić information content (AvgIpc) is 2.15. The number of aliphatic hydroxyl groups excluding tert-OH is 1. The van der Waals surface area contributed by atoms with Crippen molar-refractivity contribution in [3.05, 3.63) is 41.5 Å². The van der Waals surface area contributed by atoms with Gasteiger partial charge in [-0.15, -0.1) is 0 Å². The van der Waals surface area contributed by atoms with Crippen LogP contribution in [0.1, 0.15) is 31.1 Å². The van der Waals surface area contributed by atoms with E-state index in [0.29, 0.717) is 6.61 Å². The van der Waals surface area contributed by atoms with Crippen LogP contribution in [0.3, 0.4) is 0 Å². The molecule has 1 aromatic carbocycles.